The zero-order valence-electron chi connectivity index (χ0n) is 16.9. The van der Waals surface area contributed by atoms with Crippen molar-refractivity contribution in [2.75, 3.05) is 14.2 Å². The fraction of sp³-hybridized carbons (Fsp3) is 0.238. The van der Waals surface area contributed by atoms with E-state index in [2.05, 4.69) is 20.6 Å². The first-order valence-corrected chi connectivity index (χ1v) is 10.2. The molecule has 0 fully saturated rings. The molecule has 8 nitrogen and oxygen atoms in total. The van der Waals surface area contributed by atoms with Crippen LogP contribution in [0, 0.1) is 0 Å². The fourth-order valence-electron chi connectivity index (χ4n) is 3.02. The second kappa shape index (κ2) is 8.50. The summed E-state index contributed by atoms with van der Waals surface area (Å²) >= 11 is 1.50. The third kappa shape index (κ3) is 3.84. The summed E-state index contributed by atoms with van der Waals surface area (Å²) in [7, 11) is 3.10. The largest absolute Gasteiger partial charge is 0.493 e. The summed E-state index contributed by atoms with van der Waals surface area (Å²) in [5.74, 6) is 1.77. The Kier molecular flexibility index (Phi) is 5.62. The van der Waals surface area contributed by atoms with Crippen molar-refractivity contribution in [3.8, 4) is 22.1 Å². The van der Waals surface area contributed by atoms with Crippen LogP contribution in [0.2, 0.25) is 0 Å². The zero-order valence-corrected chi connectivity index (χ0v) is 17.7. The molecule has 9 heteroatoms. The van der Waals surface area contributed by atoms with Crippen LogP contribution in [0.15, 0.2) is 42.5 Å². The van der Waals surface area contributed by atoms with Crippen LogP contribution in [-0.2, 0) is 13.0 Å². The van der Waals surface area contributed by atoms with E-state index >= 15 is 0 Å². The maximum Gasteiger partial charge on any atom is 0.251 e. The van der Waals surface area contributed by atoms with Gasteiger partial charge in [-0.3, -0.25) is 4.79 Å². The smallest absolute Gasteiger partial charge is 0.251 e. The summed E-state index contributed by atoms with van der Waals surface area (Å²) in [6, 6.07) is 13.0. The lowest BCUT2D eigenvalue weighted by Gasteiger charge is -2.10. The molecule has 4 rings (SSSR count). The highest BCUT2D eigenvalue weighted by molar-refractivity contribution is 7.19. The molecule has 1 amide bonds. The highest BCUT2D eigenvalue weighted by Crippen LogP contribution is 2.28. The Hall–Kier alpha value is -3.46. The summed E-state index contributed by atoms with van der Waals surface area (Å²) in [4.78, 5) is 13.3. The quantitative estimate of drug-likeness (QED) is 0.490. The van der Waals surface area contributed by atoms with Gasteiger partial charge < -0.3 is 14.8 Å². The molecule has 0 bridgehead atoms. The van der Waals surface area contributed by atoms with Gasteiger partial charge in [0.05, 0.1) is 14.2 Å². The normalized spacial score (nSPS) is 10.9. The second-order valence-corrected chi connectivity index (χ2v) is 7.48. The number of nitrogens with zero attached hydrogens (tertiary/aromatic N) is 4. The molecular formula is C21H21N5O3S. The summed E-state index contributed by atoms with van der Waals surface area (Å²) in [5, 5.41) is 16.7. The van der Waals surface area contributed by atoms with E-state index in [0.29, 0.717) is 23.6 Å². The average molecular weight is 423 g/mol. The van der Waals surface area contributed by atoms with Crippen LogP contribution < -0.4 is 14.8 Å². The number of hydrogen-bond donors (Lipinski definition) is 1. The fourth-order valence-corrected chi connectivity index (χ4v) is 3.89. The first kappa shape index (κ1) is 19.8. The third-order valence-electron chi connectivity index (χ3n) is 4.67. The number of hydrogen-bond acceptors (Lipinski definition) is 7. The molecule has 30 heavy (non-hydrogen) atoms. The van der Waals surface area contributed by atoms with Gasteiger partial charge >= 0.3 is 0 Å². The lowest BCUT2D eigenvalue weighted by molar-refractivity contribution is 0.0950. The number of carbonyl (C=O) groups is 1. The molecule has 0 aliphatic carbocycles. The molecule has 0 atom stereocenters. The van der Waals surface area contributed by atoms with E-state index in [0.717, 1.165) is 33.3 Å². The third-order valence-corrected chi connectivity index (χ3v) is 5.62. The number of methoxy groups -OCH3 is 2. The molecule has 0 aliphatic rings. The predicted octanol–water partition coefficient (Wildman–Crippen LogP) is 3.36. The van der Waals surface area contributed by atoms with Crippen LogP contribution in [-0.4, -0.2) is 39.9 Å². The highest BCUT2D eigenvalue weighted by Gasteiger charge is 2.13. The summed E-state index contributed by atoms with van der Waals surface area (Å²) < 4.78 is 12.2. The van der Waals surface area contributed by atoms with Gasteiger partial charge in [-0.2, -0.15) is 9.61 Å². The van der Waals surface area contributed by atoms with Crippen LogP contribution in [0.4, 0.5) is 0 Å². The van der Waals surface area contributed by atoms with Crippen molar-refractivity contribution in [3.63, 3.8) is 0 Å². The van der Waals surface area contributed by atoms with Crippen LogP contribution >= 0.6 is 11.3 Å². The van der Waals surface area contributed by atoms with Crippen LogP contribution in [0.5, 0.6) is 11.5 Å². The van der Waals surface area contributed by atoms with Crippen molar-refractivity contribution in [2.45, 2.75) is 19.9 Å². The maximum atomic E-state index is 12.5. The Bertz CT molecular complexity index is 1180. The van der Waals surface area contributed by atoms with Gasteiger partial charge in [-0.05, 0) is 23.8 Å². The van der Waals surface area contributed by atoms with E-state index in [1.54, 1.807) is 36.9 Å². The second-order valence-electron chi connectivity index (χ2n) is 6.52. The average Bonchev–Trinajstić information content (AvgIpc) is 3.38. The summed E-state index contributed by atoms with van der Waals surface area (Å²) in [5.41, 5.74) is 2.50. The number of aromatic nitrogens is 4. The van der Waals surface area contributed by atoms with E-state index in [1.807, 2.05) is 31.2 Å². The minimum absolute atomic E-state index is 0.180. The lowest BCUT2D eigenvalue weighted by atomic mass is 10.1. The van der Waals surface area contributed by atoms with Gasteiger partial charge in [0.25, 0.3) is 5.91 Å². The van der Waals surface area contributed by atoms with Crippen molar-refractivity contribution in [3.05, 3.63) is 59.4 Å². The van der Waals surface area contributed by atoms with Crippen molar-refractivity contribution in [1.82, 2.24) is 25.1 Å². The maximum absolute atomic E-state index is 12.5. The van der Waals surface area contributed by atoms with Crippen LogP contribution in [0.3, 0.4) is 0 Å². The molecule has 0 radical (unpaired) electrons. The number of aryl methyl sites for hydroxylation is 1. The monoisotopic (exact) mass is 423 g/mol. The lowest BCUT2D eigenvalue weighted by Crippen LogP contribution is -2.22. The Morgan fingerprint density at radius 1 is 1.07 bits per heavy atom. The van der Waals surface area contributed by atoms with Crippen molar-refractivity contribution in [1.29, 1.82) is 0 Å². The summed E-state index contributed by atoms with van der Waals surface area (Å²) in [6.45, 7) is 2.44. The molecule has 0 aliphatic heterocycles. The zero-order chi connectivity index (χ0) is 21.1. The van der Waals surface area contributed by atoms with Gasteiger partial charge in [-0.15, -0.1) is 10.2 Å². The van der Waals surface area contributed by atoms with Crippen molar-refractivity contribution >= 4 is 22.2 Å². The molecule has 2 heterocycles. The molecule has 154 valence electrons. The van der Waals surface area contributed by atoms with E-state index in [1.165, 1.54) is 11.3 Å². The molecule has 0 spiro atoms. The molecule has 4 aromatic rings. The number of fused-ring (bicyclic) bond motifs is 1. The predicted molar refractivity (Wildman–Crippen MR) is 114 cm³/mol. The number of carbonyl (C=O) groups excluding carboxylic acids is 1. The van der Waals surface area contributed by atoms with E-state index in [4.69, 9.17) is 9.47 Å². The van der Waals surface area contributed by atoms with Gasteiger partial charge in [0.1, 0.15) is 5.01 Å². The van der Waals surface area contributed by atoms with Gasteiger partial charge in [0.2, 0.25) is 4.96 Å². The summed E-state index contributed by atoms with van der Waals surface area (Å²) in [6.07, 6.45) is 0.781. The number of nitrogens with one attached hydrogen (secondary N) is 1. The van der Waals surface area contributed by atoms with Crippen LogP contribution in [0.25, 0.3) is 15.5 Å². The minimum Gasteiger partial charge on any atom is -0.493 e. The molecule has 2 aromatic heterocycles. The Labute approximate surface area is 177 Å². The van der Waals surface area contributed by atoms with E-state index < -0.39 is 0 Å². The van der Waals surface area contributed by atoms with Gasteiger partial charge in [-0.25, -0.2) is 0 Å². The first-order valence-electron chi connectivity index (χ1n) is 9.43. The van der Waals surface area contributed by atoms with Crippen molar-refractivity contribution < 1.29 is 14.3 Å². The first-order chi connectivity index (χ1) is 14.6. The standard InChI is InChI=1S/C21H21N5O3S/c1-4-18-23-24-21-26(18)25-20(30-21)14-7-5-13(6-8-14)12-22-19(27)15-9-10-16(28-2)17(11-15)29-3/h5-11H,4,12H2,1-3H3,(H,22,27). The van der Waals surface area contributed by atoms with Gasteiger partial charge in [0, 0.05) is 24.1 Å². The van der Waals surface area contributed by atoms with Crippen LogP contribution in [0.1, 0.15) is 28.7 Å². The SMILES string of the molecule is CCc1nnc2sc(-c3ccc(CNC(=O)c4ccc(OC)c(OC)c4)cc3)nn12. The highest BCUT2D eigenvalue weighted by atomic mass is 32.1. The molecule has 1 N–H and O–H groups in total. The van der Waals surface area contributed by atoms with E-state index in [9.17, 15) is 4.79 Å². The molecule has 0 saturated heterocycles. The number of ether oxygens (including phenoxy) is 2. The van der Waals surface area contributed by atoms with E-state index in [-0.39, 0.29) is 5.91 Å². The molecule has 0 saturated carbocycles. The Morgan fingerprint density at radius 3 is 2.53 bits per heavy atom. The molecule has 2 aromatic carbocycles. The Morgan fingerprint density at radius 2 is 1.83 bits per heavy atom. The topological polar surface area (TPSA) is 90.6 Å². The van der Waals surface area contributed by atoms with Crippen molar-refractivity contribution in [2.24, 2.45) is 0 Å². The van der Waals surface area contributed by atoms with Gasteiger partial charge in [-0.1, -0.05) is 42.5 Å². The minimum atomic E-state index is -0.180. The molecule has 0 unspecified atom stereocenters. The Balaban J connectivity index is 1.43. The van der Waals surface area contributed by atoms with Gasteiger partial charge in [0.15, 0.2) is 17.3 Å². The number of amides is 1. The number of rotatable bonds is 7. The number of benzene rings is 2. The molecular weight excluding hydrogens is 402 g/mol.